The molecule has 0 aliphatic rings. The molecular formula is C15H17ClOS. The molecule has 0 saturated carbocycles. The lowest BCUT2D eigenvalue weighted by molar-refractivity contribution is 0.202. The molecule has 0 N–H and O–H groups in total. The molecule has 0 bridgehead atoms. The maximum atomic E-state index is 6.52. The summed E-state index contributed by atoms with van der Waals surface area (Å²) in [4.78, 5) is 1.24. The highest BCUT2D eigenvalue weighted by Gasteiger charge is 2.14. The highest BCUT2D eigenvalue weighted by molar-refractivity contribution is 7.10. The number of benzene rings is 1. The van der Waals surface area contributed by atoms with Crippen molar-refractivity contribution in [2.24, 2.45) is 0 Å². The number of hydrogen-bond acceptors (Lipinski definition) is 2. The van der Waals surface area contributed by atoms with Gasteiger partial charge in [-0.25, -0.2) is 0 Å². The zero-order chi connectivity index (χ0) is 13.0. The molecule has 1 aromatic heterocycles. The van der Waals surface area contributed by atoms with Gasteiger partial charge in [0.15, 0.2) is 0 Å². The zero-order valence-corrected chi connectivity index (χ0v) is 12.2. The number of aryl methyl sites for hydroxylation is 1. The Morgan fingerprint density at radius 1 is 1.22 bits per heavy atom. The molecule has 0 saturated heterocycles. The summed E-state index contributed by atoms with van der Waals surface area (Å²) >= 11 is 8.24. The smallest absolute Gasteiger partial charge is 0.0930 e. The van der Waals surface area contributed by atoms with Crippen molar-refractivity contribution < 1.29 is 4.74 Å². The molecule has 0 spiro atoms. The number of methoxy groups -OCH3 is 1. The molecule has 1 heterocycles. The van der Waals surface area contributed by atoms with E-state index in [-0.39, 0.29) is 5.38 Å². The van der Waals surface area contributed by atoms with Crippen molar-refractivity contribution in [2.45, 2.75) is 18.7 Å². The first-order chi connectivity index (χ1) is 8.72. The monoisotopic (exact) mass is 280 g/mol. The van der Waals surface area contributed by atoms with Gasteiger partial charge < -0.3 is 4.74 Å². The van der Waals surface area contributed by atoms with Crippen molar-refractivity contribution in [2.75, 3.05) is 13.7 Å². The van der Waals surface area contributed by atoms with Gasteiger partial charge in [-0.05, 0) is 41.5 Å². The number of hydrogen-bond donors (Lipinski definition) is 0. The molecule has 0 aliphatic heterocycles. The third kappa shape index (κ3) is 3.14. The fourth-order valence-corrected chi connectivity index (χ4v) is 3.27. The summed E-state index contributed by atoms with van der Waals surface area (Å²) in [5, 5.41) is 2.05. The Balaban J connectivity index is 2.12. The number of thiophene rings is 1. The Hall–Kier alpha value is -0.830. The van der Waals surface area contributed by atoms with E-state index < -0.39 is 0 Å². The molecule has 2 rings (SSSR count). The van der Waals surface area contributed by atoms with Gasteiger partial charge in [-0.1, -0.05) is 24.3 Å². The van der Waals surface area contributed by atoms with Crippen molar-refractivity contribution in [1.29, 1.82) is 0 Å². The highest BCUT2D eigenvalue weighted by Crippen LogP contribution is 2.34. The average Bonchev–Trinajstić information content (AvgIpc) is 2.82. The van der Waals surface area contributed by atoms with Gasteiger partial charge in [-0.15, -0.1) is 22.9 Å². The van der Waals surface area contributed by atoms with Crippen LogP contribution in [0.15, 0.2) is 35.7 Å². The van der Waals surface area contributed by atoms with Gasteiger partial charge in [0, 0.05) is 12.0 Å². The largest absolute Gasteiger partial charge is 0.384 e. The minimum atomic E-state index is -0.0403. The van der Waals surface area contributed by atoms with Crippen molar-refractivity contribution in [3.8, 4) is 0 Å². The van der Waals surface area contributed by atoms with Crippen LogP contribution >= 0.6 is 22.9 Å². The molecule has 1 nitrogen and oxygen atoms in total. The quantitative estimate of drug-likeness (QED) is 0.729. The minimum Gasteiger partial charge on any atom is -0.384 e. The maximum Gasteiger partial charge on any atom is 0.0930 e. The second-order valence-corrected chi connectivity index (χ2v) is 5.70. The van der Waals surface area contributed by atoms with E-state index in [0.717, 1.165) is 18.6 Å². The fourth-order valence-electron chi connectivity index (χ4n) is 1.87. The van der Waals surface area contributed by atoms with E-state index >= 15 is 0 Å². The Labute approximate surface area is 117 Å². The number of rotatable bonds is 5. The summed E-state index contributed by atoms with van der Waals surface area (Å²) in [6.07, 6.45) is 0.946. The predicted molar refractivity (Wildman–Crippen MR) is 78.8 cm³/mol. The first-order valence-electron chi connectivity index (χ1n) is 5.98. The third-order valence-electron chi connectivity index (χ3n) is 3.00. The lowest BCUT2D eigenvalue weighted by Crippen LogP contribution is -1.96. The summed E-state index contributed by atoms with van der Waals surface area (Å²) < 4.78 is 5.07. The van der Waals surface area contributed by atoms with E-state index in [1.807, 2.05) is 0 Å². The van der Waals surface area contributed by atoms with Gasteiger partial charge in [0.2, 0.25) is 0 Å². The average molecular weight is 281 g/mol. The molecule has 0 aliphatic carbocycles. The van der Waals surface area contributed by atoms with Gasteiger partial charge in [0.1, 0.15) is 0 Å². The molecule has 2 aromatic rings. The normalized spacial score (nSPS) is 12.6. The Kier molecular flexibility index (Phi) is 4.81. The first-order valence-corrected chi connectivity index (χ1v) is 7.30. The summed E-state index contributed by atoms with van der Waals surface area (Å²) in [7, 11) is 1.72. The summed E-state index contributed by atoms with van der Waals surface area (Å²) in [6.45, 7) is 2.86. The molecule has 0 radical (unpaired) electrons. The molecule has 1 atom stereocenters. The van der Waals surface area contributed by atoms with Crippen LogP contribution in [-0.2, 0) is 11.2 Å². The molecule has 1 aromatic carbocycles. The lowest BCUT2D eigenvalue weighted by Gasteiger charge is -2.10. The molecular weight excluding hydrogens is 264 g/mol. The second-order valence-electron chi connectivity index (χ2n) is 4.31. The second kappa shape index (κ2) is 6.37. The first kappa shape index (κ1) is 13.6. The van der Waals surface area contributed by atoms with Crippen molar-refractivity contribution in [3.05, 3.63) is 57.3 Å². The third-order valence-corrected chi connectivity index (χ3v) is 4.68. The van der Waals surface area contributed by atoms with Crippen molar-refractivity contribution in [1.82, 2.24) is 0 Å². The van der Waals surface area contributed by atoms with E-state index in [1.165, 1.54) is 16.0 Å². The standard InChI is InChI=1S/C15H17ClOS/c1-11-8-10-18-15(11)14(16)13-5-3-12(4-6-13)7-9-17-2/h3-6,8,10,14H,7,9H2,1-2H3. The van der Waals surface area contributed by atoms with Crippen LogP contribution in [0.25, 0.3) is 0 Å². The molecule has 1 unspecified atom stereocenters. The molecule has 96 valence electrons. The SMILES string of the molecule is COCCc1ccc(C(Cl)c2sccc2C)cc1. The Morgan fingerprint density at radius 3 is 2.50 bits per heavy atom. The van der Waals surface area contributed by atoms with Gasteiger partial charge in [-0.2, -0.15) is 0 Å². The van der Waals surface area contributed by atoms with Crippen LogP contribution < -0.4 is 0 Å². The van der Waals surface area contributed by atoms with E-state index in [2.05, 4.69) is 42.6 Å². The van der Waals surface area contributed by atoms with Crippen LogP contribution in [0.4, 0.5) is 0 Å². The lowest BCUT2D eigenvalue weighted by atomic mass is 10.0. The fraction of sp³-hybridized carbons (Fsp3) is 0.333. The highest BCUT2D eigenvalue weighted by atomic mass is 35.5. The van der Waals surface area contributed by atoms with E-state index in [1.54, 1.807) is 18.4 Å². The van der Waals surface area contributed by atoms with Gasteiger partial charge >= 0.3 is 0 Å². The van der Waals surface area contributed by atoms with Crippen LogP contribution in [0.3, 0.4) is 0 Å². The molecule has 18 heavy (non-hydrogen) atoms. The van der Waals surface area contributed by atoms with Crippen molar-refractivity contribution in [3.63, 3.8) is 0 Å². The van der Waals surface area contributed by atoms with E-state index in [4.69, 9.17) is 16.3 Å². The molecule has 3 heteroatoms. The van der Waals surface area contributed by atoms with E-state index in [9.17, 15) is 0 Å². The zero-order valence-electron chi connectivity index (χ0n) is 10.7. The van der Waals surface area contributed by atoms with E-state index in [0.29, 0.717) is 0 Å². The minimum absolute atomic E-state index is 0.0403. The van der Waals surface area contributed by atoms with Gasteiger partial charge in [0.25, 0.3) is 0 Å². The molecule has 0 amide bonds. The van der Waals surface area contributed by atoms with Crippen LogP contribution in [0.2, 0.25) is 0 Å². The van der Waals surface area contributed by atoms with Crippen molar-refractivity contribution >= 4 is 22.9 Å². The van der Waals surface area contributed by atoms with Crippen LogP contribution in [0.5, 0.6) is 0 Å². The van der Waals surface area contributed by atoms with Gasteiger partial charge in [0.05, 0.1) is 12.0 Å². The van der Waals surface area contributed by atoms with Crippen LogP contribution in [0, 0.1) is 6.92 Å². The number of halogens is 1. The van der Waals surface area contributed by atoms with Crippen LogP contribution in [-0.4, -0.2) is 13.7 Å². The topological polar surface area (TPSA) is 9.23 Å². The molecule has 0 fully saturated rings. The van der Waals surface area contributed by atoms with Crippen LogP contribution in [0.1, 0.15) is 26.9 Å². The Morgan fingerprint density at radius 2 is 1.94 bits per heavy atom. The number of alkyl halides is 1. The number of ether oxygens (including phenoxy) is 1. The summed E-state index contributed by atoms with van der Waals surface area (Å²) in [5.74, 6) is 0. The predicted octanol–water partition coefficient (Wildman–Crippen LogP) is 4.57. The summed E-state index contributed by atoms with van der Waals surface area (Å²) in [6, 6.07) is 10.6. The summed E-state index contributed by atoms with van der Waals surface area (Å²) in [5.41, 5.74) is 3.71. The Bertz CT molecular complexity index is 489. The maximum absolute atomic E-state index is 6.52. The van der Waals surface area contributed by atoms with Gasteiger partial charge in [-0.3, -0.25) is 0 Å².